The van der Waals surface area contributed by atoms with Crippen LogP contribution in [0, 0.1) is 11.3 Å². The molecule has 1 saturated heterocycles. The van der Waals surface area contributed by atoms with Gasteiger partial charge in [-0.05, 0) is 53.0 Å². The minimum Gasteiger partial charge on any atom is -0.326 e. The summed E-state index contributed by atoms with van der Waals surface area (Å²) in [5, 5.41) is 2.97. The third-order valence-corrected chi connectivity index (χ3v) is 6.87. The highest BCUT2D eigenvalue weighted by Crippen LogP contribution is 2.44. The van der Waals surface area contributed by atoms with Crippen LogP contribution in [-0.4, -0.2) is 17.6 Å². The number of benzene rings is 2. The number of para-hydroxylation sites is 1. The van der Waals surface area contributed by atoms with Crippen molar-refractivity contribution >= 4 is 35.0 Å². The highest BCUT2D eigenvalue weighted by atomic mass is 32.2. The molecule has 5 heteroatoms. The van der Waals surface area contributed by atoms with Gasteiger partial charge in [-0.1, -0.05) is 71.9 Å². The van der Waals surface area contributed by atoms with Gasteiger partial charge in [0, 0.05) is 17.8 Å². The van der Waals surface area contributed by atoms with E-state index in [-0.39, 0.29) is 22.6 Å². The highest BCUT2D eigenvalue weighted by Gasteiger charge is 2.35. The molecule has 1 heterocycles. The fourth-order valence-electron chi connectivity index (χ4n) is 4.50. The van der Waals surface area contributed by atoms with Crippen LogP contribution in [0.2, 0.25) is 0 Å². The number of anilines is 2. The lowest BCUT2D eigenvalue weighted by molar-refractivity contribution is -0.117. The predicted molar refractivity (Wildman–Crippen MR) is 136 cm³/mol. The van der Waals surface area contributed by atoms with Gasteiger partial charge >= 0.3 is 0 Å². The van der Waals surface area contributed by atoms with E-state index in [0.29, 0.717) is 24.0 Å². The first-order valence-corrected chi connectivity index (χ1v) is 12.5. The summed E-state index contributed by atoms with van der Waals surface area (Å²) in [6.45, 7) is 13.0. The van der Waals surface area contributed by atoms with Crippen molar-refractivity contribution in [1.82, 2.24) is 0 Å². The maximum Gasteiger partial charge on any atom is 0.238 e. The summed E-state index contributed by atoms with van der Waals surface area (Å²) in [6, 6.07) is 16.1. The van der Waals surface area contributed by atoms with Gasteiger partial charge in [0.25, 0.3) is 0 Å². The van der Waals surface area contributed by atoms with Crippen LogP contribution in [-0.2, 0) is 9.59 Å². The number of rotatable bonds is 7. The van der Waals surface area contributed by atoms with Crippen molar-refractivity contribution in [2.75, 3.05) is 16.0 Å². The fourth-order valence-corrected chi connectivity index (χ4v) is 5.67. The van der Waals surface area contributed by atoms with Crippen molar-refractivity contribution < 1.29 is 9.59 Å². The molecule has 0 aliphatic carbocycles. The van der Waals surface area contributed by atoms with Crippen LogP contribution in [0.3, 0.4) is 0 Å². The van der Waals surface area contributed by atoms with Gasteiger partial charge in [-0.2, -0.15) is 0 Å². The molecule has 2 atom stereocenters. The summed E-state index contributed by atoms with van der Waals surface area (Å²) >= 11 is 1.65. The second kappa shape index (κ2) is 10.1. The zero-order valence-corrected chi connectivity index (χ0v) is 21.0. The molecule has 0 unspecified atom stereocenters. The van der Waals surface area contributed by atoms with Crippen molar-refractivity contribution in [1.29, 1.82) is 0 Å². The average molecular weight is 453 g/mol. The van der Waals surface area contributed by atoms with Crippen LogP contribution in [0.1, 0.15) is 76.8 Å². The van der Waals surface area contributed by atoms with Crippen LogP contribution >= 0.6 is 11.8 Å². The molecule has 172 valence electrons. The van der Waals surface area contributed by atoms with Crippen LogP contribution in [0.5, 0.6) is 0 Å². The standard InChI is InChI=1S/C27H36N2O2S/c1-18(2)22-9-7-8-10-23(22)29-25(31)17-32-26(29)20-11-13-21(14-12-20)28-24(30)15-19(3)16-27(4,5)6/h7-14,18-19,26H,15-17H2,1-6H3,(H,28,30)/t19-,26-/m1/s1. The fraction of sp³-hybridized carbons (Fsp3) is 0.481. The van der Waals surface area contributed by atoms with Crippen molar-refractivity contribution in [2.24, 2.45) is 11.3 Å². The summed E-state index contributed by atoms with van der Waals surface area (Å²) in [7, 11) is 0. The first-order chi connectivity index (χ1) is 15.0. The molecule has 1 aliphatic rings. The van der Waals surface area contributed by atoms with E-state index < -0.39 is 0 Å². The minimum absolute atomic E-state index is 0.0485. The Labute approximate surface area is 197 Å². The van der Waals surface area contributed by atoms with Gasteiger partial charge in [-0.15, -0.1) is 11.8 Å². The molecule has 2 amide bonds. The molecule has 2 aromatic carbocycles. The Bertz CT molecular complexity index is 947. The molecule has 3 rings (SSSR count). The van der Waals surface area contributed by atoms with Crippen molar-refractivity contribution in [3.8, 4) is 0 Å². The number of nitrogens with zero attached hydrogens (tertiary/aromatic N) is 1. The van der Waals surface area contributed by atoms with E-state index in [1.807, 2.05) is 47.4 Å². The minimum atomic E-state index is -0.0565. The van der Waals surface area contributed by atoms with E-state index in [0.717, 1.165) is 23.4 Å². The maximum absolute atomic E-state index is 12.8. The first kappa shape index (κ1) is 24.4. The molecule has 0 bridgehead atoms. The molecule has 1 aliphatic heterocycles. The van der Waals surface area contributed by atoms with Gasteiger partial charge in [0.1, 0.15) is 5.37 Å². The number of hydrogen-bond acceptors (Lipinski definition) is 3. The molecule has 1 fully saturated rings. The normalized spacial score (nSPS) is 17.7. The zero-order valence-electron chi connectivity index (χ0n) is 20.1. The van der Waals surface area contributed by atoms with E-state index in [1.54, 1.807) is 11.8 Å². The second-order valence-corrected chi connectivity index (χ2v) is 11.5. The number of carbonyl (C=O) groups is 2. The molecular formula is C27H36N2O2S. The summed E-state index contributed by atoms with van der Waals surface area (Å²) in [6.07, 6.45) is 1.53. The molecule has 0 saturated carbocycles. The van der Waals surface area contributed by atoms with Crippen LogP contribution in [0.4, 0.5) is 11.4 Å². The number of nitrogens with one attached hydrogen (secondary N) is 1. The van der Waals surface area contributed by atoms with Crippen molar-refractivity contribution in [2.45, 2.75) is 65.7 Å². The Balaban J connectivity index is 1.71. The molecule has 0 aromatic heterocycles. The van der Waals surface area contributed by atoms with Gasteiger partial charge in [-0.25, -0.2) is 0 Å². The molecular weight excluding hydrogens is 416 g/mol. The smallest absolute Gasteiger partial charge is 0.238 e. The topological polar surface area (TPSA) is 49.4 Å². The Kier molecular flexibility index (Phi) is 7.71. The number of thioether (sulfide) groups is 1. The lowest BCUT2D eigenvalue weighted by atomic mass is 9.84. The average Bonchev–Trinajstić information content (AvgIpc) is 3.08. The molecule has 0 spiro atoms. The van der Waals surface area contributed by atoms with E-state index >= 15 is 0 Å². The zero-order chi connectivity index (χ0) is 23.5. The lowest BCUT2D eigenvalue weighted by Crippen LogP contribution is -2.29. The second-order valence-electron chi connectivity index (χ2n) is 10.4. The third kappa shape index (κ3) is 6.16. The first-order valence-electron chi connectivity index (χ1n) is 11.5. The number of amides is 2. The summed E-state index contributed by atoms with van der Waals surface area (Å²) in [5.41, 5.74) is 4.26. The lowest BCUT2D eigenvalue weighted by Gasteiger charge is -2.27. The number of carbonyl (C=O) groups excluding carboxylic acids is 2. The Morgan fingerprint density at radius 2 is 1.75 bits per heavy atom. The summed E-state index contributed by atoms with van der Waals surface area (Å²) < 4.78 is 0. The number of hydrogen-bond donors (Lipinski definition) is 1. The van der Waals surface area contributed by atoms with Gasteiger partial charge in [0.05, 0.1) is 5.75 Å². The van der Waals surface area contributed by atoms with Gasteiger partial charge in [-0.3, -0.25) is 14.5 Å². The molecule has 1 N–H and O–H groups in total. The van der Waals surface area contributed by atoms with Gasteiger partial charge in [0.2, 0.25) is 11.8 Å². The van der Waals surface area contributed by atoms with E-state index in [2.05, 4.69) is 52.9 Å². The monoisotopic (exact) mass is 452 g/mol. The molecule has 0 radical (unpaired) electrons. The predicted octanol–water partition coefficient (Wildman–Crippen LogP) is 6.99. The summed E-state index contributed by atoms with van der Waals surface area (Å²) in [5.74, 6) is 1.33. The Hall–Kier alpha value is -2.27. The molecule has 4 nitrogen and oxygen atoms in total. The van der Waals surface area contributed by atoms with Crippen molar-refractivity contribution in [3.63, 3.8) is 0 Å². The SMILES string of the molecule is CC(C)c1ccccc1N1C(=O)CS[C@@H]1c1ccc(NC(=O)C[C@@H](C)CC(C)(C)C)cc1. The van der Waals surface area contributed by atoms with Crippen molar-refractivity contribution in [3.05, 3.63) is 59.7 Å². The van der Waals surface area contributed by atoms with E-state index in [4.69, 9.17) is 0 Å². The Morgan fingerprint density at radius 1 is 1.09 bits per heavy atom. The molecule has 32 heavy (non-hydrogen) atoms. The third-order valence-electron chi connectivity index (χ3n) is 5.66. The molecule has 2 aromatic rings. The van der Waals surface area contributed by atoms with E-state index in [1.165, 1.54) is 5.56 Å². The highest BCUT2D eigenvalue weighted by molar-refractivity contribution is 8.00. The van der Waals surface area contributed by atoms with Gasteiger partial charge in [0.15, 0.2) is 0 Å². The van der Waals surface area contributed by atoms with Crippen LogP contribution in [0.15, 0.2) is 48.5 Å². The maximum atomic E-state index is 12.8. The van der Waals surface area contributed by atoms with E-state index in [9.17, 15) is 9.59 Å². The Morgan fingerprint density at radius 3 is 2.38 bits per heavy atom. The quantitative estimate of drug-likeness (QED) is 0.492. The summed E-state index contributed by atoms with van der Waals surface area (Å²) in [4.78, 5) is 27.2. The largest absolute Gasteiger partial charge is 0.326 e. The van der Waals surface area contributed by atoms with Gasteiger partial charge < -0.3 is 5.32 Å². The van der Waals surface area contributed by atoms with Crippen LogP contribution < -0.4 is 10.2 Å². The van der Waals surface area contributed by atoms with Crippen LogP contribution in [0.25, 0.3) is 0 Å².